The summed E-state index contributed by atoms with van der Waals surface area (Å²) in [7, 11) is -2.32. The topological polar surface area (TPSA) is 86.8 Å². The number of benzene rings is 3. The molecule has 0 aliphatic carbocycles. The van der Waals surface area contributed by atoms with Crippen molar-refractivity contribution in [2.75, 3.05) is 24.2 Å². The van der Waals surface area contributed by atoms with Crippen LogP contribution in [0.2, 0.25) is 0 Å². The molecule has 1 N–H and O–H groups in total. The predicted molar refractivity (Wildman–Crippen MR) is 148 cm³/mol. The maximum atomic E-state index is 13.8. The molecular formula is C29H33F2N3O4S. The van der Waals surface area contributed by atoms with Gasteiger partial charge in [-0.3, -0.25) is 13.9 Å². The van der Waals surface area contributed by atoms with Crippen molar-refractivity contribution in [3.8, 4) is 0 Å². The number of aryl methyl sites for hydroxylation is 1. The minimum Gasteiger partial charge on any atom is -0.357 e. The van der Waals surface area contributed by atoms with Gasteiger partial charge in [-0.15, -0.1) is 0 Å². The van der Waals surface area contributed by atoms with E-state index in [0.29, 0.717) is 6.42 Å². The van der Waals surface area contributed by atoms with Crippen molar-refractivity contribution >= 4 is 27.5 Å². The summed E-state index contributed by atoms with van der Waals surface area (Å²) in [5, 5.41) is 2.66. The third kappa shape index (κ3) is 8.35. The van der Waals surface area contributed by atoms with Crippen molar-refractivity contribution in [2.45, 2.75) is 38.8 Å². The maximum Gasteiger partial charge on any atom is 0.242 e. The molecule has 0 radical (unpaired) electrons. The highest BCUT2D eigenvalue weighted by atomic mass is 32.2. The first-order chi connectivity index (χ1) is 18.5. The third-order valence-electron chi connectivity index (χ3n) is 6.30. The normalized spacial score (nSPS) is 12.0. The Balaban J connectivity index is 1.85. The molecule has 208 valence electrons. The zero-order valence-corrected chi connectivity index (χ0v) is 23.0. The molecular weight excluding hydrogens is 524 g/mol. The molecule has 0 aliphatic rings. The Morgan fingerprint density at radius 2 is 1.62 bits per heavy atom. The van der Waals surface area contributed by atoms with Gasteiger partial charge in [0.1, 0.15) is 6.04 Å². The standard InChI is InChI=1S/C29H33F2N3O4S/c1-21-9-7-12-23(17-21)20-33(27(29(36)32-2)18-22-10-5-4-6-11-22)28(35)13-8-16-34(39(3,37)38)24-14-15-25(30)26(31)19-24/h4-7,9-12,14-15,17,19,27H,8,13,16,18,20H2,1-3H3,(H,32,36)/t27-/m1/s1. The van der Waals surface area contributed by atoms with E-state index in [0.717, 1.165) is 39.4 Å². The van der Waals surface area contributed by atoms with Crippen LogP contribution in [0.5, 0.6) is 0 Å². The van der Waals surface area contributed by atoms with Crippen LogP contribution in [0.25, 0.3) is 0 Å². The number of halogens is 2. The molecule has 3 rings (SSSR count). The molecule has 0 aliphatic heterocycles. The molecule has 0 heterocycles. The van der Waals surface area contributed by atoms with E-state index in [1.165, 1.54) is 18.0 Å². The van der Waals surface area contributed by atoms with E-state index < -0.39 is 27.7 Å². The Hall–Kier alpha value is -3.79. The number of nitrogens with one attached hydrogen (secondary N) is 1. The smallest absolute Gasteiger partial charge is 0.242 e. The zero-order chi connectivity index (χ0) is 28.6. The minimum absolute atomic E-state index is 0.0345. The SMILES string of the molecule is CNC(=O)[C@@H](Cc1ccccc1)N(Cc1cccc(C)c1)C(=O)CCCN(c1ccc(F)c(F)c1)S(C)(=O)=O. The quantitative estimate of drug-likeness (QED) is 0.362. The molecule has 2 amide bonds. The molecule has 7 nitrogen and oxygen atoms in total. The van der Waals surface area contributed by atoms with Crippen LogP contribution < -0.4 is 9.62 Å². The summed E-state index contributed by atoms with van der Waals surface area (Å²) in [4.78, 5) is 28.2. The number of carbonyl (C=O) groups excluding carboxylic acids is 2. The van der Waals surface area contributed by atoms with Crippen LogP contribution in [0, 0.1) is 18.6 Å². The second-order valence-corrected chi connectivity index (χ2v) is 11.3. The van der Waals surface area contributed by atoms with Gasteiger partial charge in [0, 0.05) is 39.0 Å². The van der Waals surface area contributed by atoms with E-state index in [4.69, 9.17) is 0 Å². The molecule has 0 unspecified atom stereocenters. The molecule has 10 heteroatoms. The number of amides is 2. The molecule has 0 aromatic heterocycles. The molecule has 39 heavy (non-hydrogen) atoms. The number of carbonyl (C=O) groups is 2. The first-order valence-electron chi connectivity index (χ1n) is 12.5. The van der Waals surface area contributed by atoms with Gasteiger partial charge in [-0.25, -0.2) is 17.2 Å². The van der Waals surface area contributed by atoms with Gasteiger partial charge in [-0.2, -0.15) is 0 Å². The maximum absolute atomic E-state index is 13.8. The highest BCUT2D eigenvalue weighted by Crippen LogP contribution is 2.22. The lowest BCUT2D eigenvalue weighted by Crippen LogP contribution is -2.49. The van der Waals surface area contributed by atoms with Crippen molar-refractivity contribution < 1.29 is 26.8 Å². The Morgan fingerprint density at radius 3 is 2.23 bits per heavy atom. The van der Waals surface area contributed by atoms with E-state index >= 15 is 0 Å². The number of sulfonamides is 1. The van der Waals surface area contributed by atoms with Crippen molar-refractivity contribution in [2.24, 2.45) is 0 Å². The molecule has 3 aromatic rings. The van der Waals surface area contributed by atoms with Crippen LogP contribution in [0.15, 0.2) is 72.8 Å². The molecule has 1 atom stereocenters. The molecule has 0 fully saturated rings. The van der Waals surface area contributed by atoms with Gasteiger partial charge in [0.05, 0.1) is 11.9 Å². The average molecular weight is 558 g/mol. The van der Waals surface area contributed by atoms with Crippen LogP contribution in [0.1, 0.15) is 29.5 Å². The highest BCUT2D eigenvalue weighted by molar-refractivity contribution is 7.92. The Labute approximate surface area is 228 Å². The third-order valence-corrected chi connectivity index (χ3v) is 7.49. The zero-order valence-electron chi connectivity index (χ0n) is 22.2. The summed E-state index contributed by atoms with van der Waals surface area (Å²) in [6.07, 6.45) is 1.29. The van der Waals surface area contributed by atoms with E-state index in [1.54, 1.807) is 0 Å². The number of rotatable bonds is 12. The van der Waals surface area contributed by atoms with Crippen molar-refractivity contribution in [3.63, 3.8) is 0 Å². The van der Waals surface area contributed by atoms with Gasteiger partial charge in [0.15, 0.2) is 11.6 Å². The Bertz CT molecular complexity index is 1400. The van der Waals surface area contributed by atoms with Crippen molar-refractivity contribution in [1.82, 2.24) is 10.2 Å². The van der Waals surface area contributed by atoms with Crippen LogP contribution in [0.4, 0.5) is 14.5 Å². The number of nitrogens with zero attached hydrogens (tertiary/aromatic N) is 2. The molecule has 0 saturated carbocycles. The van der Waals surface area contributed by atoms with Gasteiger partial charge in [-0.1, -0.05) is 60.2 Å². The summed E-state index contributed by atoms with van der Waals surface area (Å²) in [5.74, 6) is -2.91. The van der Waals surface area contributed by atoms with Gasteiger partial charge < -0.3 is 10.2 Å². The second kappa shape index (κ2) is 13.3. The number of anilines is 1. The van der Waals surface area contributed by atoms with Crippen molar-refractivity contribution in [1.29, 1.82) is 0 Å². The van der Waals surface area contributed by atoms with Crippen LogP contribution in [-0.2, 0) is 32.6 Å². The van der Waals surface area contributed by atoms with Crippen LogP contribution in [-0.4, -0.2) is 51.0 Å². The lowest BCUT2D eigenvalue weighted by molar-refractivity contribution is -0.141. The summed E-state index contributed by atoms with van der Waals surface area (Å²) >= 11 is 0. The van der Waals surface area contributed by atoms with Gasteiger partial charge in [0.2, 0.25) is 21.8 Å². The molecule has 0 bridgehead atoms. The fourth-order valence-corrected chi connectivity index (χ4v) is 5.33. The summed E-state index contributed by atoms with van der Waals surface area (Å²) in [6.45, 7) is 2.00. The summed E-state index contributed by atoms with van der Waals surface area (Å²) in [5.41, 5.74) is 2.71. The molecule has 0 saturated heterocycles. The van der Waals surface area contributed by atoms with Gasteiger partial charge in [-0.05, 0) is 36.6 Å². The van der Waals surface area contributed by atoms with Crippen LogP contribution >= 0.6 is 0 Å². The first kappa shape index (κ1) is 29.8. The van der Waals surface area contributed by atoms with E-state index in [9.17, 15) is 26.8 Å². The van der Waals surface area contributed by atoms with Gasteiger partial charge in [0.25, 0.3) is 0 Å². The first-order valence-corrected chi connectivity index (χ1v) is 14.4. The van der Waals surface area contributed by atoms with E-state index in [2.05, 4.69) is 5.32 Å². The molecule has 3 aromatic carbocycles. The summed E-state index contributed by atoms with van der Waals surface area (Å²) < 4.78 is 53.0. The van der Waals surface area contributed by atoms with E-state index in [-0.39, 0.29) is 43.4 Å². The molecule has 0 spiro atoms. The van der Waals surface area contributed by atoms with E-state index in [1.807, 2.05) is 61.5 Å². The predicted octanol–water partition coefficient (Wildman–Crippen LogP) is 4.21. The number of hydrogen-bond donors (Lipinski definition) is 1. The number of hydrogen-bond acceptors (Lipinski definition) is 4. The van der Waals surface area contributed by atoms with Crippen molar-refractivity contribution in [3.05, 3.63) is 101 Å². The highest BCUT2D eigenvalue weighted by Gasteiger charge is 2.30. The average Bonchev–Trinajstić information content (AvgIpc) is 2.89. The monoisotopic (exact) mass is 557 g/mol. The van der Waals surface area contributed by atoms with Crippen LogP contribution in [0.3, 0.4) is 0 Å². The summed E-state index contributed by atoms with van der Waals surface area (Å²) in [6, 6.07) is 19.0. The fourth-order valence-electron chi connectivity index (χ4n) is 4.37. The minimum atomic E-state index is -3.84. The number of likely N-dealkylation sites (N-methyl/N-ethyl adjacent to an activating group) is 1. The fraction of sp³-hybridized carbons (Fsp3) is 0.310. The van der Waals surface area contributed by atoms with Gasteiger partial charge >= 0.3 is 0 Å². The second-order valence-electron chi connectivity index (χ2n) is 9.37. The Morgan fingerprint density at radius 1 is 0.923 bits per heavy atom. The lowest BCUT2D eigenvalue weighted by Gasteiger charge is -2.31. The lowest BCUT2D eigenvalue weighted by atomic mass is 10.0. The Kier molecular flexibility index (Phi) is 10.2. The largest absolute Gasteiger partial charge is 0.357 e.